The molecule has 0 bridgehead atoms. The molecule has 28 heavy (non-hydrogen) atoms. The zero-order valence-corrected chi connectivity index (χ0v) is 15.3. The average molecular weight is 392 g/mol. The number of fused-ring (bicyclic) bond motifs is 1. The number of likely N-dealkylation sites (tertiary alicyclic amines) is 1. The monoisotopic (exact) mass is 392 g/mol. The summed E-state index contributed by atoms with van der Waals surface area (Å²) in [6, 6.07) is 3.53. The molecule has 3 amide bonds. The van der Waals surface area contributed by atoms with Crippen molar-refractivity contribution < 1.29 is 23.2 Å². The van der Waals surface area contributed by atoms with Crippen LogP contribution in [0.1, 0.15) is 40.7 Å². The minimum atomic E-state index is -2.96. The van der Waals surface area contributed by atoms with Crippen LogP contribution in [0.3, 0.4) is 0 Å². The van der Waals surface area contributed by atoms with Gasteiger partial charge in [-0.2, -0.15) is 0 Å². The fourth-order valence-electron chi connectivity index (χ4n) is 4.22. The van der Waals surface area contributed by atoms with Crippen LogP contribution in [-0.2, 0) is 22.7 Å². The van der Waals surface area contributed by atoms with Crippen molar-refractivity contribution in [1.82, 2.24) is 15.1 Å². The third-order valence-corrected chi connectivity index (χ3v) is 5.77. The third-order valence-electron chi connectivity index (χ3n) is 5.77. The number of hydrogen-bond donors (Lipinski definition) is 2. The summed E-state index contributed by atoms with van der Waals surface area (Å²) in [7, 11) is 0. The smallest absolute Gasteiger partial charge is 0.275 e. The Labute approximate surface area is 160 Å². The summed E-state index contributed by atoms with van der Waals surface area (Å²) in [4.78, 5) is 39.7. The van der Waals surface area contributed by atoms with E-state index < -0.39 is 30.5 Å². The Morgan fingerprint density at radius 3 is 2.71 bits per heavy atom. The number of alkyl halides is 2. The number of nitrogens with two attached hydrogens (primary N) is 1. The summed E-state index contributed by atoms with van der Waals surface area (Å²) < 4.78 is 27.9. The van der Waals surface area contributed by atoms with Crippen molar-refractivity contribution in [2.24, 2.45) is 5.73 Å². The SMILES string of the molecule is NC1CCN(Cc2cccc3c2C(=O)N(C2CCC(=O)NC2=O)C3)CC1(F)F. The standard InChI is InChI=1S/C19H22F2N4O3/c20-19(21)10-24(7-6-14(19)22)8-11-2-1-3-12-9-25(18(28)16(11)12)13-4-5-15(26)23-17(13)27/h1-3,13-14H,4-10,22H2,(H,23,26,27). The molecule has 150 valence electrons. The minimum Gasteiger partial charge on any atom is -0.323 e. The lowest BCUT2D eigenvalue weighted by molar-refractivity contribution is -0.136. The van der Waals surface area contributed by atoms with Crippen LogP contribution >= 0.6 is 0 Å². The third kappa shape index (κ3) is 3.29. The van der Waals surface area contributed by atoms with Gasteiger partial charge in [0.25, 0.3) is 11.8 Å². The number of benzene rings is 1. The lowest BCUT2D eigenvalue weighted by Crippen LogP contribution is -2.55. The molecule has 1 aromatic carbocycles. The second kappa shape index (κ2) is 6.89. The van der Waals surface area contributed by atoms with Crippen molar-refractivity contribution in [1.29, 1.82) is 0 Å². The lowest BCUT2D eigenvalue weighted by atomic mass is 9.98. The number of carbonyl (C=O) groups excluding carboxylic acids is 3. The molecule has 2 fully saturated rings. The fourth-order valence-corrected chi connectivity index (χ4v) is 4.22. The number of rotatable bonds is 3. The van der Waals surface area contributed by atoms with Gasteiger partial charge in [-0.3, -0.25) is 24.6 Å². The average Bonchev–Trinajstić information content (AvgIpc) is 2.96. The maximum atomic E-state index is 14.0. The number of halogens is 2. The highest BCUT2D eigenvalue weighted by atomic mass is 19.3. The van der Waals surface area contributed by atoms with Gasteiger partial charge in [0.15, 0.2) is 0 Å². The summed E-state index contributed by atoms with van der Waals surface area (Å²) >= 11 is 0. The van der Waals surface area contributed by atoms with E-state index in [1.54, 1.807) is 17.0 Å². The minimum absolute atomic E-state index is 0.187. The van der Waals surface area contributed by atoms with E-state index in [0.29, 0.717) is 17.7 Å². The van der Waals surface area contributed by atoms with Gasteiger partial charge in [-0.15, -0.1) is 0 Å². The molecule has 2 unspecified atom stereocenters. The topological polar surface area (TPSA) is 95.7 Å². The van der Waals surface area contributed by atoms with Crippen LogP contribution in [0.15, 0.2) is 18.2 Å². The molecule has 3 N–H and O–H groups in total. The predicted molar refractivity (Wildman–Crippen MR) is 95.3 cm³/mol. The molecule has 2 atom stereocenters. The molecule has 1 aromatic rings. The van der Waals surface area contributed by atoms with Gasteiger partial charge in [0, 0.05) is 31.6 Å². The van der Waals surface area contributed by atoms with Crippen LogP contribution in [0.4, 0.5) is 8.78 Å². The number of carbonyl (C=O) groups is 3. The zero-order valence-electron chi connectivity index (χ0n) is 15.3. The molecule has 7 nitrogen and oxygen atoms in total. The largest absolute Gasteiger partial charge is 0.323 e. The van der Waals surface area contributed by atoms with Gasteiger partial charge in [0.1, 0.15) is 6.04 Å². The number of piperidine rings is 2. The van der Waals surface area contributed by atoms with Crippen LogP contribution in [0.2, 0.25) is 0 Å². The highest BCUT2D eigenvalue weighted by molar-refractivity contribution is 6.05. The number of amides is 3. The van der Waals surface area contributed by atoms with Gasteiger partial charge >= 0.3 is 0 Å². The van der Waals surface area contributed by atoms with Crippen molar-refractivity contribution in [3.8, 4) is 0 Å². The molecule has 3 heterocycles. The van der Waals surface area contributed by atoms with Crippen LogP contribution in [0.5, 0.6) is 0 Å². The summed E-state index contributed by atoms with van der Waals surface area (Å²) in [6.45, 7) is 0.490. The van der Waals surface area contributed by atoms with E-state index in [9.17, 15) is 23.2 Å². The summed E-state index contributed by atoms with van der Waals surface area (Å²) in [5, 5.41) is 2.27. The molecule has 3 aliphatic rings. The maximum absolute atomic E-state index is 14.0. The number of hydrogen-bond acceptors (Lipinski definition) is 5. The molecule has 9 heteroatoms. The Kier molecular flexibility index (Phi) is 4.67. The van der Waals surface area contributed by atoms with Gasteiger partial charge in [-0.1, -0.05) is 18.2 Å². The van der Waals surface area contributed by atoms with E-state index >= 15 is 0 Å². The molecule has 0 aliphatic carbocycles. The first kappa shape index (κ1) is 18.9. The van der Waals surface area contributed by atoms with E-state index in [1.807, 2.05) is 6.07 Å². The van der Waals surface area contributed by atoms with Gasteiger partial charge < -0.3 is 10.6 Å². The summed E-state index contributed by atoms with van der Waals surface area (Å²) in [5.74, 6) is -4.06. The van der Waals surface area contributed by atoms with Gasteiger partial charge in [-0.25, -0.2) is 8.78 Å². The molecule has 0 radical (unpaired) electrons. The first-order valence-corrected chi connectivity index (χ1v) is 9.37. The van der Waals surface area contributed by atoms with E-state index in [4.69, 9.17) is 5.73 Å². The molecule has 4 rings (SSSR count). The Balaban J connectivity index is 1.54. The molecular formula is C19H22F2N4O3. The Hall–Kier alpha value is -2.39. The van der Waals surface area contributed by atoms with Crippen molar-refractivity contribution in [2.75, 3.05) is 13.1 Å². The normalized spacial score (nSPS) is 27.7. The summed E-state index contributed by atoms with van der Waals surface area (Å²) in [6.07, 6.45) is 0.667. The Morgan fingerprint density at radius 1 is 1.21 bits per heavy atom. The molecule has 0 saturated carbocycles. The van der Waals surface area contributed by atoms with Gasteiger partial charge in [0.05, 0.1) is 12.6 Å². The van der Waals surface area contributed by atoms with Crippen molar-refractivity contribution in [3.63, 3.8) is 0 Å². The lowest BCUT2D eigenvalue weighted by Gasteiger charge is -2.36. The second-order valence-electron chi connectivity index (χ2n) is 7.72. The van der Waals surface area contributed by atoms with Crippen LogP contribution in [-0.4, -0.2) is 58.6 Å². The van der Waals surface area contributed by atoms with Gasteiger partial charge in [-0.05, 0) is 24.0 Å². The zero-order chi connectivity index (χ0) is 20.1. The van der Waals surface area contributed by atoms with Crippen molar-refractivity contribution in [2.45, 2.75) is 50.4 Å². The van der Waals surface area contributed by atoms with Crippen molar-refractivity contribution in [3.05, 3.63) is 34.9 Å². The second-order valence-corrected chi connectivity index (χ2v) is 7.72. The van der Waals surface area contributed by atoms with E-state index in [0.717, 1.165) is 5.56 Å². The fraction of sp³-hybridized carbons (Fsp3) is 0.526. The highest BCUT2D eigenvalue weighted by Crippen LogP contribution is 2.32. The van der Waals surface area contributed by atoms with E-state index in [2.05, 4.69) is 5.32 Å². The highest BCUT2D eigenvalue weighted by Gasteiger charge is 2.43. The van der Waals surface area contributed by atoms with Crippen molar-refractivity contribution >= 4 is 17.7 Å². The molecular weight excluding hydrogens is 370 g/mol. The van der Waals surface area contributed by atoms with Crippen LogP contribution < -0.4 is 11.1 Å². The van der Waals surface area contributed by atoms with Gasteiger partial charge in [0.2, 0.25) is 11.8 Å². The number of imide groups is 1. The van der Waals surface area contributed by atoms with E-state index in [1.165, 1.54) is 4.90 Å². The first-order valence-electron chi connectivity index (χ1n) is 9.37. The maximum Gasteiger partial charge on any atom is 0.275 e. The number of nitrogens with zero attached hydrogens (tertiary/aromatic N) is 2. The number of nitrogens with one attached hydrogen (secondary N) is 1. The molecule has 2 saturated heterocycles. The predicted octanol–water partition coefficient (Wildman–Crippen LogP) is 0.616. The van der Waals surface area contributed by atoms with Crippen LogP contribution in [0.25, 0.3) is 0 Å². The van der Waals surface area contributed by atoms with Crippen LogP contribution in [0, 0.1) is 0 Å². The van der Waals surface area contributed by atoms with E-state index in [-0.39, 0.29) is 44.2 Å². The summed E-state index contributed by atoms with van der Waals surface area (Å²) in [5.41, 5.74) is 7.42. The molecule has 3 aliphatic heterocycles. The molecule has 0 spiro atoms. The molecule has 0 aromatic heterocycles. The quantitative estimate of drug-likeness (QED) is 0.735. The first-order chi connectivity index (χ1) is 13.3. The Morgan fingerprint density at radius 2 is 2.00 bits per heavy atom. The Bertz CT molecular complexity index is 844.